The molecular weight excluding hydrogens is 232 g/mol. The molecule has 2 rings (SSSR count). The first-order chi connectivity index (χ1) is 8.49. The van der Waals surface area contributed by atoms with Gasteiger partial charge in [-0.15, -0.1) is 0 Å². The standard InChI is InChI=1S/C14H18O4/c1-10-3-5-11(6-4-10)14(2)17-9-12(18-14)7-8-13(15)16/h3-6,12H,7-9H2,1-2H3,(H,15,16). The Morgan fingerprint density at radius 3 is 2.72 bits per heavy atom. The van der Waals surface area contributed by atoms with Crippen molar-refractivity contribution in [1.29, 1.82) is 0 Å². The first kappa shape index (κ1) is 13.1. The molecule has 1 saturated heterocycles. The van der Waals surface area contributed by atoms with Crippen LogP contribution >= 0.6 is 0 Å². The monoisotopic (exact) mass is 250 g/mol. The lowest BCUT2D eigenvalue weighted by molar-refractivity contribution is -0.163. The van der Waals surface area contributed by atoms with Crippen LogP contribution in [0.4, 0.5) is 0 Å². The topological polar surface area (TPSA) is 55.8 Å². The minimum Gasteiger partial charge on any atom is -0.481 e. The Hall–Kier alpha value is -1.39. The van der Waals surface area contributed by atoms with E-state index in [4.69, 9.17) is 14.6 Å². The molecule has 0 spiro atoms. The third-order valence-corrected chi connectivity index (χ3v) is 3.19. The second-order valence-electron chi connectivity index (χ2n) is 4.80. The smallest absolute Gasteiger partial charge is 0.303 e. The van der Waals surface area contributed by atoms with E-state index in [2.05, 4.69) is 0 Å². The molecule has 98 valence electrons. The number of hydrogen-bond donors (Lipinski definition) is 1. The van der Waals surface area contributed by atoms with E-state index in [-0.39, 0.29) is 12.5 Å². The third kappa shape index (κ3) is 2.89. The van der Waals surface area contributed by atoms with Gasteiger partial charge >= 0.3 is 5.97 Å². The Balaban J connectivity index is 2.01. The van der Waals surface area contributed by atoms with E-state index >= 15 is 0 Å². The van der Waals surface area contributed by atoms with Crippen LogP contribution in [0.2, 0.25) is 0 Å². The van der Waals surface area contributed by atoms with Crippen molar-refractivity contribution in [3.05, 3.63) is 35.4 Å². The van der Waals surface area contributed by atoms with Crippen LogP contribution in [0, 0.1) is 6.92 Å². The fourth-order valence-corrected chi connectivity index (χ4v) is 2.07. The van der Waals surface area contributed by atoms with Crippen molar-refractivity contribution < 1.29 is 19.4 Å². The predicted octanol–water partition coefficient (Wildman–Crippen LogP) is 2.45. The minimum atomic E-state index is -0.803. The fraction of sp³-hybridized carbons (Fsp3) is 0.500. The van der Waals surface area contributed by atoms with Crippen LogP contribution in [0.25, 0.3) is 0 Å². The second kappa shape index (κ2) is 5.08. The maximum atomic E-state index is 10.5. The zero-order chi connectivity index (χ0) is 13.2. The van der Waals surface area contributed by atoms with Crippen LogP contribution in [0.5, 0.6) is 0 Å². The van der Waals surface area contributed by atoms with Crippen molar-refractivity contribution in [2.24, 2.45) is 0 Å². The molecule has 0 amide bonds. The molecule has 4 heteroatoms. The van der Waals surface area contributed by atoms with Gasteiger partial charge in [0.05, 0.1) is 12.7 Å². The summed E-state index contributed by atoms with van der Waals surface area (Å²) in [6.45, 7) is 4.34. The highest BCUT2D eigenvalue weighted by Crippen LogP contribution is 2.35. The quantitative estimate of drug-likeness (QED) is 0.891. The molecule has 1 aliphatic rings. The van der Waals surface area contributed by atoms with Crippen molar-refractivity contribution >= 4 is 5.97 Å². The lowest BCUT2D eigenvalue weighted by atomic mass is 10.1. The van der Waals surface area contributed by atoms with Gasteiger partial charge in [0.25, 0.3) is 0 Å². The zero-order valence-electron chi connectivity index (χ0n) is 10.7. The van der Waals surface area contributed by atoms with Crippen LogP contribution in [0.3, 0.4) is 0 Å². The Bertz CT molecular complexity index is 426. The highest BCUT2D eigenvalue weighted by atomic mass is 16.7. The van der Waals surface area contributed by atoms with E-state index in [0.717, 1.165) is 5.56 Å². The van der Waals surface area contributed by atoms with Gasteiger partial charge in [-0.3, -0.25) is 4.79 Å². The maximum absolute atomic E-state index is 10.5. The van der Waals surface area contributed by atoms with Gasteiger partial charge in [0.2, 0.25) is 0 Å². The van der Waals surface area contributed by atoms with Gasteiger partial charge < -0.3 is 14.6 Å². The van der Waals surface area contributed by atoms with Gasteiger partial charge in [-0.25, -0.2) is 0 Å². The van der Waals surface area contributed by atoms with Crippen molar-refractivity contribution in [3.8, 4) is 0 Å². The third-order valence-electron chi connectivity index (χ3n) is 3.19. The van der Waals surface area contributed by atoms with Crippen LogP contribution in [-0.4, -0.2) is 23.8 Å². The Kier molecular flexibility index (Phi) is 3.68. The van der Waals surface area contributed by atoms with E-state index in [1.165, 1.54) is 5.56 Å². The van der Waals surface area contributed by atoms with Crippen molar-refractivity contribution in [1.82, 2.24) is 0 Å². The number of hydrogen-bond acceptors (Lipinski definition) is 3. The number of aliphatic carboxylic acids is 1. The number of carboxylic acids is 1. The lowest BCUT2D eigenvalue weighted by Gasteiger charge is -2.23. The van der Waals surface area contributed by atoms with E-state index in [1.807, 2.05) is 38.1 Å². The summed E-state index contributed by atoms with van der Waals surface area (Å²) in [5.74, 6) is -1.56. The van der Waals surface area contributed by atoms with Gasteiger partial charge in [-0.1, -0.05) is 29.8 Å². The number of carboxylic acid groups (broad SMARTS) is 1. The summed E-state index contributed by atoms with van der Waals surface area (Å²) in [6, 6.07) is 7.99. The molecular formula is C14H18O4. The molecule has 1 aromatic rings. The molecule has 1 heterocycles. The largest absolute Gasteiger partial charge is 0.481 e. The molecule has 1 fully saturated rings. The number of ether oxygens (including phenoxy) is 2. The van der Waals surface area contributed by atoms with Crippen molar-refractivity contribution in [2.45, 2.75) is 38.6 Å². The number of carbonyl (C=O) groups is 1. The van der Waals surface area contributed by atoms with E-state index < -0.39 is 11.8 Å². The van der Waals surface area contributed by atoms with E-state index in [0.29, 0.717) is 13.0 Å². The lowest BCUT2D eigenvalue weighted by Crippen LogP contribution is -2.24. The van der Waals surface area contributed by atoms with Crippen LogP contribution in [0.1, 0.15) is 30.9 Å². The van der Waals surface area contributed by atoms with Gasteiger partial charge in [0.15, 0.2) is 5.79 Å². The molecule has 1 N–H and O–H groups in total. The molecule has 1 aliphatic heterocycles. The molecule has 0 radical (unpaired) electrons. The fourth-order valence-electron chi connectivity index (χ4n) is 2.07. The average molecular weight is 250 g/mol. The Labute approximate surface area is 107 Å². The maximum Gasteiger partial charge on any atom is 0.303 e. The first-order valence-electron chi connectivity index (χ1n) is 6.10. The normalized spacial score (nSPS) is 27.3. The van der Waals surface area contributed by atoms with Gasteiger partial charge in [-0.2, -0.15) is 0 Å². The van der Waals surface area contributed by atoms with Gasteiger partial charge in [-0.05, 0) is 20.3 Å². The molecule has 0 bridgehead atoms. The second-order valence-corrected chi connectivity index (χ2v) is 4.80. The molecule has 1 aromatic carbocycles. The van der Waals surface area contributed by atoms with Gasteiger partial charge in [0, 0.05) is 12.0 Å². The molecule has 0 aliphatic carbocycles. The van der Waals surface area contributed by atoms with Crippen molar-refractivity contribution in [2.75, 3.05) is 6.61 Å². The number of aryl methyl sites for hydroxylation is 1. The van der Waals surface area contributed by atoms with Crippen LogP contribution in [0.15, 0.2) is 24.3 Å². The molecule has 2 unspecified atom stereocenters. The SMILES string of the molecule is Cc1ccc(C2(C)OCC(CCC(=O)O)O2)cc1. The predicted molar refractivity (Wildman–Crippen MR) is 66.2 cm³/mol. The van der Waals surface area contributed by atoms with Crippen LogP contribution in [-0.2, 0) is 20.1 Å². The summed E-state index contributed by atoms with van der Waals surface area (Å²) in [4.78, 5) is 10.5. The first-order valence-corrected chi connectivity index (χ1v) is 6.10. The minimum absolute atomic E-state index is 0.109. The Morgan fingerprint density at radius 2 is 2.11 bits per heavy atom. The summed E-state index contributed by atoms with van der Waals surface area (Å²) in [7, 11) is 0. The highest BCUT2D eigenvalue weighted by molar-refractivity contribution is 5.66. The van der Waals surface area contributed by atoms with Crippen LogP contribution < -0.4 is 0 Å². The summed E-state index contributed by atoms with van der Waals surface area (Å²) >= 11 is 0. The number of benzene rings is 1. The average Bonchev–Trinajstić information content (AvgIpc) is 2.71. The molecule has 0 saturated carbocycles. The van der Waals surface area contributed by atoms with E-state index in [9.17, 15) is 4.79 Å². The summed E-state index contributed by atoms with van der Waals surface area (Å²) < 4.78 is 11.5. The van der Waals surface area contributed by atoms with E-state index in [1.54, 1.807) is 0 Å². The highest BCUT2D eigenvalue weighted by Gasteiger charge is 2.38. The number of rotatable bonds is 4. The molecule has 4 nitrogen and oxygen atoms in total. The van der Waals surface area contributed by atoms with Gasteiger partial charge in [0.1, 0.15) is 0 Å². The summed E-state index contributed by atoms with van der Waals surface area (Å²) in [6.07, 6.45) is 0.446. The molecule has 0 aromatic heterocycles. The summed E-state index contributed by atoms with van der Waals surface area (Å²) in [5.41, 5.74) is 2.15. The molecule has 18 heavy (non-hydrogen) atoms. The Morgan fingerprint density at radius 1 is 1.44 bits per heavy atom. The zero-order valence-corrected chi connectivity index (χ0v) is 10.7. The molecule has 2 atom stereocenters. The summed E-state index contributed by atoms with van der Waals surface area (Å²) in [5, 5.41) is 8.66. The van der Waals surface area contributed by atoms with Crippen molar-refractivity contribution in [3.63, 3.8) is 0 Å².